The van der Waals surface area contributed by atoms with Crippen molar-refractivity contribution in [2.24, 2.45) is 0 Å². The van der Waals surface area contributed by atoms with Crippen LogP contribution >= 0.6 is 0 Å². The molecule has 5 nitrogen and oxygen atoms in total. The van der Waals surface area contributed by atoms with E-state index in [-0.39, 0.29) is 5.91 Å². The van der Waals surface area contributed by atoms with Gasteiger partial charge in [0.2, 0.25) is 5.91 Å². The monoisotopic (exact) mass is 319 g/mol. The Kier molecular flexibility index (Phi) is 4.52. The Bertz CT molecular complexity index is 919. The van der Waals surface area contributed by atoms with Crippen molar-refractivity contribution < 1.29 is 9.53 Å². The summed E-state index contributed by atoms with van der Waals surface area (Å²) in [5, 5.41) is 2.81. The van der Waals surface area contributed by atoms with Gasteiger partial charge in [0.25, 0.3) is 0 Å². The van der Waals surface area contributed by atoms with Gasteiger partial charge in [-0.1, -0.05) is 18.2 Å². The maximum Gasteiger partial charge on any atom is 0.248 e. The Morgan fingerprint density at radius 1 is 1.17 bits per heavy atom. The second kappa shape index (κ2) is 6.91. The molecule has 0 atom stereocenters. The van der Waals surface area contributed by atoms with Gasteiger partial charge in [0, 0.05) is 6.08 Å². The summed E-state index contributed by atoms with van der Waals surface area (Å²) in [5.41, 5.74) is 3.91. The Labute approximate surface area is 140 Å². The maximum absolute atomic E-state index is 12.1. The van der Waals surface area contributed by atoms with Crippen molar-refractivity contribution in [2.45, 2.75) is 6.92 Å². The van der Waals surface area contributed by atoms with Crippen molar-refractivity contribution in [1.82, 2.24) is 9.97 Å². The molecule has 120 valence electrons. The van der Waals surface area contributed by atoms with Crippen molar-refractivity contribution in [3.63, 3.8) is 0 Å². The molecule has 0 fully saturated rings. The number of aryl methyl sites for hydroxylation is 1. The predicted octanol–water partition coefficient (Wildman–Crippen LogP) is 3.60. The van der Waals surface area contributed by atoms with Crippen molar-refractivity contribution >= 4 is 28.7 Å². The first-order chi connectivity index (χ1) is 11.7. The molecular weight excluding hydrogens is 302 g/mol. The first kappa shape index (κ1) is 15.7. The average molecular weight is 319 g/mol. The third-order valence-electron chi connectivity index (χ3n) is 3.49. The summed E-state index contributed by atoms with van der Waals surface area (Å²) in [6.45, 7) is 1.95. The van der Waals surface area contributed by atoms with Crippen molar-refractivity contribution in [3.8, 4) is 5.75 Å². The van der Waals surface area contributed by atoms with E-state index in [0.717, 1.165) is 16.6 Å². The van der Waals surface area contributed by atoms with Crippen LogP contribution < -0.4 is 10.1 Å². The van der Waals surface area contributed by atoms with Crippen LogP contribution in [0.5, 0.6) is 5.75 Å². The van der Waals surface area contributed by atoms with E-state index in [1.807, 2.05) is 49.4 Å². The molecule has 0 saturated heterocycles. The first-order valence-electron chi connectivity index (χ1n) is 7.51. The van der Waals surface area contributed by atoms with Gasteiger partial charge >= 0.3 is 0 Å². The third-order valence-corrected chi connectivity index (χ3v) is 3.49. The first-order valence-corrected chi connectivity index (χ1v) is 7.51. The maximum atomic E-state index is 12.1. The number of ether oxygens (including phenoxy) is 1. The minimum atomic E-state index is -0.256. The number of methoxy groups -OCH3 is 1. The minimum absolute atomic E-state index is 0.256. The summed E-state index contributed by atoms with van der Waals surface area (Å²) in [7, 11) is 1.57. The van der Waals surface area contributed by atoms with Crippen LogP contribution in [0.2, 0.25) is 0 Å². The van der Waals surface area contributed by atoms with Crippen LogP contribution in [0.25, 0.3) is 17.1 Å². The Balaban J connectivity index is 1.76. The van der Waals surface area contributed by atoms with Crippen LogP contribution in [0.3, 0.4) is 0 Å². The number of nitrogens with one attached hydrogen (secondary N) is 1. The number of nitrogens with zero attached hydrogens (tertiary/aromatic N) is 2. The standard InChI is InChI=1S/C19H17N3O2/c1-13-7-9-18(24-2)17(11-13)22-19(23)10-8-14-12-20-15-5-3-4-6-16(15)21-14/h3-12H,1-2H3,(H,22,23). The molecular formula is C19H17N3O2. The predicted molar refractivity (Wildman–Crippen MR) is 94.9 cm³/mol. The number of carbonyl (C=O) groups excluding carboxylic acids is 1. The smallest absolute Gasteiger partial charge is 0.248 e. The van der Waals surface area contributed by atoms with E-state index in [1.165, 1.54) is 6.08 Å². The van der Waals surface area contributed by atoms with E-state index < -0.39 is 0 Å². The lowest BCUT2D eigenvalue weighted by Gasteiger charge is -2.09. The van der Waals surface area contributed by atoms with E-state index in [4.69, 9.17) is 4.74 Å². The van der Waals surface area contributed by atoms with Crippen LogP contribution in [0.1, 0.15) is 11.3 Å². The molecule has 0 aliphatic carbocycles. The lowest BCUT2D eigenvalue weighted by atomic mass is 10.2. The molecule has 0 unspecified atom stereocenters. The molecule has 3 aromatic rings. The average Bonchev–Trinajstić information content (AvgIpc) is 2.60. The topological polar surface area (TPSA) is 64.1 Å². The second-order valence-corrected chi connectivity index (χ2v) is 5.31. The zero-order chi connectivity index (χ0) is 16.9. The fraction of sp³-hybridized carbons (Fsp3) is 0.105. The summed E-state index contributed by atoms with van der Waals surface area (Å²) in [6.07, 6.45) is 4.71. The molecule has 0 aliphatic heterocycles. The highest BCUT2D eigenvalue weighted by molar-refractivity contribution is 6.02. The number of fused-ring (bicyclic) bond motifs is 1. The molecule has 0 bridgehead atoms. The number of para-hydroxylation sites is 2. The second-order valence-electron chi connectivity index (χ2n) is 5.31. The van der Waals surface area contributed by atoms with Gasteiger partial charge in [-0.2, -0.15) is 0 Å². The van der Waals surface area contributed by atoms with Crippen LogP contribution in [-0.4, -0.2) is 23.0 Å². The molecule has 0 radical (unpaired) electrons. The summed E-state index contributed by atoms with van der Waals surface area (Å²) in [5.74, 6) is 0.363. The summed E-state index contributed by atoms with van der Waals surface area (Å²) in [4.78, 5) is 20.9. The normalized spacial score (nSPS) is 10.9. The molecule has 0 aliphatic rings. The quantitative estimate of drug-likeness (QED) is 0.746. The zero-order valence-corrected chi connectivity index (χ0v) is 13.5. The Hall–Kier alpha value is -3.21. The molecule has 0 spiro atoms. The molecule has 1 aromatic heterocycles. The lowest BCUT2D eigenvalue weighted by molar-refractivity contribution is -0.111. The minimum Gasteiger partial charge on any atom is -0.495 e. The van der Waals surface area contributed by atoms with E-state index in [1.54, 1.807) is 19.4 Å². The number of benzene rings is 2. The number of hydrogen-bond donors (Lipinski definition) is 1. The molecule has 0 saturated carbocycles. The van der Waals surface area contributed by atoms with Gasteiger partial charge in [-0.05, 0) is 42.8 Å². The van der Waals surface area contributed by atoms with E-state index in [9.17, 15) is 4.79 Å². The van der Waals surface area contributed by atoms with E-state index in [2.05, 4.69) is 15.3 Å². The van der Waals surface area contributed by atoms with Crippen molar-refractivity contribution in [1.29, 1.82) is 0 Å². The van der Waals surface area contributed by atoms with Crippen LogP contribution in [0, 0.1) is 6.92 Å². The fourth-order valence-corrected chi connectivity index (χ4v) is 2.31. The van der Waals surface area contributed by atoms with Crippen LogP contribution in [0.4, 0.5) is 5.69 Å². The molecule has 5 heteroatoms. The highest BCUT2D eigenvalue weighted by atomic mass is 16.5. The highest BCUT2D eigenvalue weighted by Gasteiger charge is 2.05. The van der Waals surface area contributed by atoms with Crippen molar-refractivity contribution in [2.75, 3.05) is 12.4 Å². The number of amides is 1. The molecule has 3 rings (SSSR count). The number of anilines is 1. The number of rotatable bonds is 4. The van der Waals surface area contributed by atoms with Gasteiger partial charge in [0.05, 0.1) is 35.7 Å². The van der Waals surface area contributed by atoms with Gasteiger partial charge < -0.3 is 10.1 Å². The number of hydrogen-bond acceptors (Lipinski definition) is 4. The van der Waals surface area contributed by atoms with Crippen LogP contribution in [0.15, 0.2) is 54.7 Å². The number of carbonyl (C=O) groups is 1. The number of aromatic nitrogens is 2. The third kappa shape index (κ3) is 3.57. The molecule has 2 aromatic carbocycles. The fourth-order valence-electron chi connectivity index (χ4n) is 2.31. The van der Waals surface area contributed by atoms with Crippen LogP contribution in [-0.2, 0) is 4.79 Å². The van der Waals surface area contributed by atoms with E-state index >= 15 is 0 Å². The van der Waals surface area contributed by atoms with Gasteiger partial charge in [-0.15, -0.1) is 0 Å². The highest BCUT2D eigenvalue weighted by Crippen LogP contribution is 2.25. The molecule has 1 amide bonds. The summed E-state index contributed by atoms with van der Waals surface area (Å²) >= 11 is 0. The molecule has 1 N–H and O–H groups in total. The van der Waals surface area contributed by atoms with Gasteiger partial charge in [-0.3, -0.25) is 9.78 Å². The largest absolute Gasteiger partial charge is 0.495 e. The Morgan fingerprint density at radius 3 is 2.75 bits per heavy atom. The summed E-state index contributed by atoms with van der Waals surface area (Å²) in [6, 6.07) is 13.2. The van der Waals surface area contributed by atoms with Gasteiger partial charge in [0.1, 0.15) is 5.75 Å². The van der Waals surface area contributed by atoms with Gasteiger partial charge in [-0.25, -0.2) is 4.98 Å². The van der Waals surface area contributed by atoms with Gasteiger partial charge in [0.15, 0.2) is 0 Å². The summed E-state index contributed by atoms with van der Waals surface area (Å²) < 4.78 is 5.25. The van der Waals surface area contributed by atoms with E-state index in [0.29, 0.717) is 17.1 Å². The zero-order valence-electron chi connectivity index (χ0n) is 13.5. The van der Waals surface area contributed by atoms with Crippen molar-refractivity contribution in [3.05, 3.63) is 66.0 Å². The molecule has 24 heavy (non-hydrogen) atoms. The lowest BCUT2D eigenvalue weighted by Crippen LogP contribution is -2.09. The Morgan fingerprint density at radius 2 is 1.96 bits per heavy atom. The molecule has 1 heterocycles. The SMILES string of the molecule is COc1ccc(C)cc1NC(=O)C=Cc1cnc2ccccc2n1.